The molecule has 2 amide bonds. The molecule has 1 aromatic rings. The predicted molar refractivity (Wildman–Crippen MR) is 91.5 cm³/mol. The summed E-state index contributed by atoms with van der Waals surface area (Å²) in [4.78, 5) is 27.1. The van der Waals surface area contributed by atoms with Crippen LogP contribution in [-0.4, -0.2) is 49.1 Å². The maximum Gasteiger partial charge on any atom is 0.254 e. The van der Waals surface area contributed by atoms with Gasteiger partial charge in [0.15, 0.2) is 0 Å². The Morgan fingerprint density at radius 3 is 2.38 bits per heavy atom. The zero-order valence-corrected chi connectivity index (χ0v) is 15.1. The molecule has 2 aliphatic rings. The van der Waals surface area contributed by atoms with Crippen molar-refractivity contribution >= 4 is 11.8 Å². The number of hydrogen-bond donors (Lipinski definition) is 1. The van der Waals surface area contributed by atoms with Crippen molar-refractivity contribution in [2.24, 2.45) is 11.3 Å². The molecule has 142 valence electrons. The molecular formula is C19H24F2N2O3. The number of nitrogens with one attached hydrogen (secondary N) is 1. The fourth-order valence-corrected chi connectivity index (χ4v) is 4.01. The molecule has 5 nitrogen and oxygen atoms in total. The van der Waals surface area contributed by atoms with Crippen molar-refractivity contribution in [1.29, 1.82) is 0 Å². The lowest BCUT2D eigenvalue weighted by atomic mass is 9.71. The van der Waals surface area contributed by atoms with Gasteiger partial charge in [0.1, 0.15) is 11.6 Å². The molecule has 0 bridgehead atoms. The van der Waals surface area contributed by atoms with Gasteiger partial charge >= 0.3 is 0 Å². The van der Waals surface area contributed by atoms with Crippen molar-refractivity contribution in [3.63, 3.8) is 0 Å². The minimum atomic E-state index is -0.789. The van der Waals surface area contributed by atoms with Crippen LogP contribution in [0.5, 0.6) is 0 Å². The Morgan fingerprint density at radius 2 is 1.81 bits per heavy atom. The first-order chi connectivity index (χ1) is 12.3. The Morgan fingerprint density at radius 1 is 1.19 bits per heavy atom. The minimum Gasteiger partial charge on any atom is -0.381 e. The highest BCUT2D eigenvalue weighted by molar-refractivity contribution is 5.95. The number of rotatable bonds is 3. The molecule has 3 rings (SSSR count). The maximum atomic E-state index is 13.5. The summed E-state index contributed by atoms with van der Waals surface area (Å²) < 4.78 is 32.4. The summed E-state index contributed by atoms with van der Waals surface area (Å²) in [5.41, 5.74) is -0.381. The fraction of sp³-hybridized carbons (Fsp3) is 0.579. The Labute approximate surface area is 151 Å². The summed E-state index contributed by atoms with van der Waals surface area (Å²) in [6, 6.07) is 2.80. The molecular weight excluding hydrogens is 342 g/mol. The van der Waals surface area contributed by atoms with Gasteiger partial charge < -0.3 is 15.0 Å². The highest BCUT2D eigenvalue weighted by Gasteiger charge is 2.51. The van der Waals surface area contributed by atoms with E-state index in [-0.39, 0.29) is 35.4 Å². The van der Waals surface area contributed by atoms with Crippen molar-refractivity contribution in [1.82, 2.24) is 10.2 Å². The molecule has 1 N–H and O–H groups in total. The van der Waals surface area contributed by atoms with Crippen LogP contribution in [0.25, 0.3) is 0 Å². The number of halogens is 2. The highest BCUT2D eigenvalue weighted by Crippen LogP contribution is 2.44. The van der Waals surface area contributed by atoms with E-state index in [0.717, 1.165) is 18.2 Å². The number of carbonyl (C=O) groups is 2. The van der Waals surface area contributed by atoms with Crippen LogP contribution >= 0.6 is 0 Å². The number of ether oxygens (including phenoxy) is 1. The summed E-state index contributed by atoms with van der Waals surface area (Å²) >= 11 is 0. The van der Waals surface area contributed by atoms with Crippen LogP contribution in [0.1, 0.15) is 37.0 Å². The van der Waals surface area contributed by atoms with E-state index >= 15 is 0 Å². The average Bonchev–Trinajstić information content (AvgIpc) is 2.92. The Bertz CT molecular complexity index is 682. The van der Waals surface area contributed by atoms with Gasteiger partial charge in [0.05, 0.1) is 5.92 Å². The molecule has 0 aliphatic carbocycles. The normalized spacial score (nSPS) is 22.0. The molecule has 1 unspecified atom stereocenters. The number of benzene rings is 1. The minimum absolute atomic E-state index is 0.00135. The lowest BCUT2D eigenvalue weighted by molar-refractivity contribution is -0.130. The molecule has 0 saturated carbocycles. The molecule has 0 aromatic heterocycles. The molecule has 2 heterocycles. The molecule has 7 heteroatoms. The largest absolute Gasteiger partial charge is 0.381 e. The van der Waals surface area contributed by atoms with E-state index in [0.29, 0.717) is 32.6 Å². The van der Waals surface area contributed by atoms with Gasteiger partial charge in [-0.05, 0) is 38.8 Å². The molecule has 0 radical (unpaired) electrons. The lowest BCUT2D eigenvalue weighted by Gasteiger charge is -2.37. The van der Waals surface area contributed by atoms with Crippen LogP contribution in [0.4, 0.5) is 8.78 Å². The second-order valence-corrected chi connectivity index (χ2v) is 7.53. The van der Waals surface area contributed by atoms with Crippen LogP contribution < -0.4 is 5.32 Å². The smallest absolute Gasteiger partial charge is 0.254 e. The third-order valence-corrected chi connectivity index (χ3v) is 5.28. The average molecular weight is 366 g/mol. The first kappa shape index (κ1) is 18.8. The van der Waals surface area contributed by atoms with E-state index < -0.39 is 17.5 Å². The molecule has 2 aliphatic heterocycles. The van der Waals surface area contributed by atoms with Gasteiger partial charge in [0.25, 0.3) is 5.91 Å². The van der Waals surface area contributed by atoms with Crippen LogP contribution in [0, 0.1) is 23.0 Å². The second-order valence-electron chi connectivity index (χ2n) is 7.53. The second kappa shape index (κ2) is 7.31. The van der Waals surface area contributed by atoms with E-state index in [9.17, 15) is 18.4 Å². The first-order valence-electron chi connectivity index (χ1n) is 8.94. The van der Waals surface area contributed by atoms with Crippen LogP contribution in [-0.2, 0) is 9.53 Å². The third-order valence-electron chi connectivity index (χ3n) is 5.28. The molecule has 26 heavy (non-hydrogen) atoms. The number of amides is 2. The van der Waals surface area contributed by atoms with Crippen LogP contribution in [0.2, 0.25) is 0 Å². The Hall–Kier alpha value is -2.02. The molecule has 1 spiro atoms. The van der Waals surface area contributed by atoms with Gasteiger partial charge in [-0.15, -0.1) is 0 Å². The van der Waals surface area contributed by atoms with Crippen molar-refractivity contribution < 1.29 is 23.1 Å². The third kappa shape index (κ3) is 3.72. The summed E-state index contributed by atoms with van der Waals surface area (Å²) in [5.74, 6) is -2.46. The van der Waals surface area contributed by atoms with Gasteiger partial charge in [-0.1, -0.05) is 0 Å². The van der Waals surface area contributed by atoms with Crippen LogP contribution in [0.15, 0.2) is 18.2 Å². The van der Waals surface area contributed by atoms with Crippen molar-refractivity contribution in [2.75, 3.05) is 26.3 Å². The maximum absolute atomic E-state index is 13.5. The standard InChI is InChI=1S/C19H24F2N2O3/c1-12(2)22-17(24)16-10-23(11-19(16)3-5-26-6-4-19)18(25)13-7-14(20)9-15(21)8-13/h7-9,12,16H,3-6,10-11H2,1-2H3,(H,22,24). The highest BCUT2D eigenvalue weighted by atomic mass is 19.1. The van der Waals surface area contributed by atoms with E-state index in [1.807, 2.05) is 13.8 Å². The monoisotopic (exact) mass is 366 g/mol. The summed E-state index contributed by atoms with van der Waals surface area (Å²) in [7, 11) is 0. The lowest BCUT2D eigenvalue weighted by Crippen LogP contribution is -2.46. The van der Waals surface area contributed by atoms with Crippen molar-refractivity contribution in [2.45, 2.75) is 32.7 Å². The summed E-state index contributed by atoms with van der Waals surface area (Å²) in [5, 5.41) is 2.94. The Balaban J connectivity index is 1.85. The molecule has 2 fully saturated rings. The number of hydrogen-bond acceptors (Lipinski definition) is 3. The van der Waals surface area contributed by atoms with Crippen LogP contribution in [0.3, 0.4) is 0 Å². The zero-order chi connectivity index (χ0) is 18.9. The predicted octanol–water partition coefficient (Wildman–Crippen LogP) is 2.36. The van der Waals surface area contributed by atoms with Gasteiger partial charge in [-0.2, -0.15) is 0 Å². The van der Waals surface area contributed by atoms with E-state index in [1.54, 1.807) is 4.90 Å². The van der Waals surface area contributed by atoms with Gasteiger partial charge in [-0.3, -0.25) is 9.59 Å². The SMILES string of the molecule is CC(C)NC(=O)C1CN(C(=O)c2cc(F)cc(F)c2)CC12CCOCC2. The summed E-state index contributed by atoms with van der Waals surface area (Å²) in [6.45, 7) is 5.51. The molecule has 1 aromatic carbocycles. The fourth-order valence-electron chi connectivity index (χ4n) is 4.01. The summed E-state index contributed by atoms with van der Waals surface area (Å²) in [6.07, 6.45) is 1.37. The van der Waals surface area contributed by atoms with E-state index in [2.05, 4.69) is 5.32 Å². The van der Waals surface area contributed by atoms with Crippen molar-refractivity contribution in [3.8, 4) is 0 Å². The number of nitrogens with zero attached hydrogens (tertiary/aromatic N) is 1. The Kier molecular flexibility index (Phi) is 5.27. The quantitative estimate of drug-likeness (QED) is 0.893. The van der Waals surface area contributed by atoms with E-state index in [1.165, 1.54) is 0 Å². The number of likely N-dealkylation sites (tertiary alicyclic amines) is 1. The van der Waals surface area contributed by atoms with Gasteiger partial charge in [0.2, 0.25) is 5.91 Å². The molecule has 2 saturated heterocycles. The van der Waals surface area contributed by atoms with Crippen molar-refractivity contribution in [3.05, 3.63) is 35.4 Å². The van der Waals surface area contributed by atoms with Gasteiger partial charge in [0, 0.05) is 49.4 Å². The van der Waals surface area contributed by atoms with E-state index in [4.69, 9.17) is 4.74 Å². The molecule has 1 atom stereocenters. The van der Waals surface area contributed by atoms with Gasteiger partial charge in [-0.25, -0.2) is 8.78 Å². The topological polar surface area (TPSA) is 58.6 Å². The number of carbonyl (C=O) groups excluding carboxylic acids is 2. The zero-order valence-electron chi connectivity index (χ0n) is 15.1. The first-order valence-corrected chi connectivity index (χ1v) is 8.94.